The summed E-state index contributed by atoms with van der Waals surface area (Å²) in [6.07, 6.45) is -1.61. The maximum atomic E-state index is 12.6. The highest BCUT2D eigenvalue weighted by molar-refractivity contribution is 5.43. The fourth-order valence-corrected chi connectivity index (χ4v) is 1.43. The van der Waals surface area contributed by atoms with Crippen LogP contribution in [-0.4, -0.2) is 12.1 Å². The summed E-state index contributed by atoms with van der Waals surface area (Å²) in [5.41, 5.74) is 5.69. The predicted octanol–water partition coefficient (Wildman–Crippen LogP) is 1.55. The van der Waals surface area contributed by atoms with Gasteiger partial charge in [0.2, 0.25) is 0 Å². The maximum Gasteiger partial charge on any atom is 0.265 e. The van der Waals surface area contributed by atoms with E-state index in [1.165, 1.54) is 7.11 Å². The van der Waals surface area contributed by atoms with Crippen molar-refractivity contribution in [2.75, 3.05) is 7.11 Å². The first kappa shape index (κ1) is 12.3. The van der Waals surface area contributed by atoms with Crippen LogP contribution in [0, 0.1) is 11.3 Å². The van der Waals surface area contributed by atoms with Crippen molar-refractivity contribution in [3.05, 3.63) is 23.0 Å². The summed E-state index contributed by atoms with van der Waals surface area (Å²) in [5, 5.41) is 8.56. The van der Waals surface area contributed by atoms with Crippen molar-refractivity contribution in [1.29, 1.82) is 5.26 Å². The van der Waals surface area contributed by atoms with Crippen molar-refractivity contribution in [2.24, 2.45) is 5.73 Å². The second kappa shape index (κ2) is 5.37. The SMILES string of the molecule is COc1c(CC#N)ncc(C(F)F)c1CN. The zero-order chi connectivity index (χ0) is 12.1. The minimum atomic E-state index is -2.66. The van der Waals surface area contributed by atoms with Crippen LogP contribution in [0.15, 0.2) is 6.20 Å². The molecule has 0 saturated carbocycles. The average molecular weight is 227 g/mol. The Morgan fingerprint density at radius 1 is 1.62 bits per heavy atom. The number of nitriles is 1. The van der Waals surface area contributed by atoms with Crippen LogP contribution in [0.4, 0.5) is 8.78 Å². The lowest BCUT2D eigenvalue weighted by Gasteiger charge is -2.14. The van der Waals surface area contributed by atoms with Crippen molar-refractivity contribution in [2.45, 2.75) is 19.4 Å². The van der Waals surface area contributed by atoms with Crippen LogP contribution in [0.1, 0.15) is 23.2 Å². The number of hydrogen-bond acceptors (Lipinski definition) is 4. The Balaban J connectivity index is 3.35. The molecule has 0 aliphatic carbocycles. The van der Waals surface area contributed by atoms with E-state index in [1.807, 2.05) is 6.07 Å². The molecule has 0 aromatic carbocycles. The summed E-state index contributed by atoms with van der Waals surface area (Å²) >= 11 is 0. The second-order valence-corrected chi connectivity index (χ2v) is 3.01. The molecular weight excluding hydrogens is 216 g/mol. The number of rotatable bonds is 4. The standard InChI is InChI=1S/C10H11F2N3O/c1-16-9-6(4-14)7(10(11)12)5-15-8(9)2-3-13/h5,10H,2,4,14H2,1H3. The topological polar surface area (TPSA) is 71.9 Å². The van der Waals surface area contributed by atoms with Crippen LogP contribution in [0.25, 0.3) is 0 Å². The highest BCUT2D eigenvalue weighted by Crippen LogP contribution is 2.31. The lowest BCUT2D eigenvalue weighted by atomic mass is 10.1. The van der Waals surface area contributed by atoms with Crippen molar-refractivity contribution in [3.63, 3.8) is 0 Å². The van der Waals surface area contributed by atoms with Gasteiger partial charge in [-0.3, -0.25) is 4.98 Å². The molecule has 0 fully saturated rings. The fourth-order valence-electron chi connectivity index (χ4n) is 1.43. The van der Waals surface area contributed by atoms with Crippen molar-refractivity contribution >= 4 is 0 Å². The Morgan fingerprint density at radius 3 is 2.75 bits per heavy atom. The number of ether oxygens (including phenoxy) is 1. The quantitative estimate of drug-likeness (QED) is 0.847. The predicted molar refractivity (Wildman–Crippen MR) is 53.0 cm³/mol. The van der Waals surface area contributed by atoms with Crippen molar-refractivity contribution in [3.8, 4) is 11.8 Å². The van der Waals surface area contributed by atoms with Gasteiger partial charge in [-0.25, -0.2) is 8.78 Å². The molecule has 0 spiro atoms. The molecule has 0 aliphatic heterocycles. The van der Waals surface area contributed by atoms with Gasteiger partial charge in [0.05, 0.1) is 25.3 Å². The number of halogens is 2. The van der Waals surface area contributed by atoms with Gasteiger partial charge in [-0.1, -0.05) is 0 Å². The summed E-state index contributed by atoms with van der Waals surface area (Å²) in [5.74, 6) is 0.182. The molecule has 1 aromatic heterocycles. The van der Waals surface area contributed by atoms with Gasteiger partial charge in [-0.15, -0.1) is 0 Å². The van der Waals surface area contributed by atoms with Crippen LogP contribution in [0.2, 0.25) is 0 Å². The average Bonchev–Trinajstić information content (AvgIpc) is 2.28. The van der Waals surface area contributed by atoms with Gasteiger partial charge in [-0.05, 0) is 0 Å². The van der Waals surface area contributed by atoms with Gasteiger partial charge in [0, 0.05) is 23.9 Å². The van der Waals surface area contributed by atoms with Crippen LogP contribution in [-0.2, 0) is 13.0 Å². The van der Waals surface area contributed by atoms with E-state index < -0.39 is 6.43 Å². The number of nitrogens with two attached hydrogens (primary N) is 1. The van der Waals surface area contributed by atoms with E-state index in [2.05, 4.69) is 4.98 Å². The van der Waals surface area contributed by atoms with Gasteiger partial charge in [0.1, 0.15) is 5.75 Å². The number of alkyl halides is 2. The van der Waals surface area contributed by atoms with Gasteiger partial charge in [0.25, 0.3) is 6.43 Å². The molecule has 0 atom stereocenters. The fraction of sp³-hybridized carbons (Fsp3) is 0.400. The third-order valence-electron chi connectivity index (χ3n) is 2.13. The molecule has 16 heavy (non-hydrogen) atoms. The molecule has 2 N–H and O–H groups in total. The first-order chi connectivity index (χ1) is 7.65. The maximum absolute atomic E-state index is 12.6. The minimum Gasteiger partial charge on any atom is -0.494 e. The van der Waals surface area contributed by atoms with Gasteiger partial charge < -0.3 is 10.5 Å². The Bertz CT molecular complexity index is 415. The minimum absolute atomic E-state index is 0.000306. The number of pyridine rings is 1. The summed E-state index contributed by atoms with van der Waals surface area (Å²) < 4.78 is 30.2. The molecule has 1 rings (SSSR count). The van der Waals surface area contributed by atoms with E-state index >= 15 is 0 Å². The number of nitrogens with zero attached hydrogens (tertiary/aromatic N) is 2. The Morgan fingerprint density at radius 2 is 2.31 bits per heavy atom. The molecule has 4 nitrogen and oxygen atoms in total. The lowest BCUT2D eigenvalue weighted by Crippen LogP contribution is -2.09. The molecule has 0 saturated heterocycles. The molecule has 0 aliphatic rings. The van der Waals surface area contributed by atoms with Crippen LogP contribution >= 0.6 is 0 Å². The van der Waals surface area contributed by atoms with Crippen LogP contribution in [0.3, 0.4) is 0 Å². The number of methoxy groups -OCH3 is 1. The van der Waals surface area contributed by atoms with Gasteiger partial charge in [-0.2, -0.15) is 5.26 Å². The summed E-state index contributed by atoms with van der Waals surface area (Å²) in [6.45, 7) is -0.0796. The molecular formula is C10H11F2N3O. The normalized spacial score (nSPS) is 10.2. The summed E-state index contributed by atoms with van der Waals surface area (Å²) in [7, 11) is 1.34. The van der Waals surface area contributed by atoms with Crippen molar-refractivity contribution < 1.29 is 13.5 Å². The smallest absolute Gasteiger partial charge is 0.265 e. The number of aromatic nitrogens is 1. The highest BCUT2D eigenvalue weighted by atomic mass is 19.3. The van der Waals surface area contributed by atoms with Crippen LogP contribution < -0.4 is 10.5 Å². The molecule has 1 heterocycles. The zero-order valence-electron chi connectivity index (χ0n) is 8.70. The molecule has 6 heteroatoms. The zero-order valence-corrected chi connectivity index (χ0v) is 8.70. The van der Waals surface area contributed by atoms with E-state index in [1.54, 1.807) is 0 Å². The third kappa shape index (κ3) is 2.25. The molecule has 86 valence electrons. The van der Waals surface area contributed by atoms with E-state index in [0.717, 1.165) is 6.20 Å². The Kier molecular flexibility index (Phi) is 4.14. The molecule has 0 unspecified atom stereocenters. The monoisotopic (exact) mass is 227 g/mol. The van der Waals surface area contributed by atoms with Crippen LogP contribution in [0.5, 0.6) is 5.75 Å². The van der Waals surface area contributed by atoms with Gasteiger partial charge in [0.15, 0.2) is 0 Å². The van der Waals surface area contributed by atoms with E-state index in [0.29, 0.717) is 5.69 Å². The molecule has 1 aromatic rings. The van der Waals surface area contributed by atoms with E-state index in [4.69, 9.17) is 15.7 Å². The van der Waals surface area contributed by atoms with Gasteiger partial charge >= 0.3 is 0 Å². The van der Waals surface area contributed by atoms with E-state index in [9.17, 15) is 8.78 Å². The largest absolute Gasteiger partial charge is 0.494 e. The van der Waals surface area contributed by atoms with E-state index in [-0.39, 0.29) is 29.8 Å². The highest BCUT2D eigenvalue weighted by Gasteiger charge is 2.19. The van der Waals surface area contributed by atoms with Crippen molar-refractivity contribution in [1.82, 2.24) is 4.98 Å². The first-order valence-corrected chi connectivity index (χ1v) is 4.55. The second-order valence-electron chi connectivity index (χ2n) is 3.01. The Hall–Kier alpha value is -1.74. The third-order valence-corrected chi connectivity index (χ3v) is 2.13. The molecule has 0 amide bonds. The number of hydrogen-bond donors (Lipinski definition) is 1. The summed E-state index contributed by atoms with van der Waals surface area (Å²) in [6, 6.07) is 1.89. The molecule has 0 radical (unpaired) electrons. The lowest BCUT2D eigenvalue weighted by molar-refractivity contribution is 0.149. The molecule has 0 bridgehead atoms. The first-order valence-electron chi connectivity index (χ1n) is 4.55. The summed E-state index contributed by atoms with van der Waals surface area (Å²) in [4.78, 5) is 3.79. The Labute approximate surface area is 91.7 Å².